The zero-order chi connectivity index (χ0) is 14.0. The van der Waals surface area contributed by atoms with Crippen molar-refractivity contribution in [2.24, 2.45) is 5.92 Å². The fourth-order valence-corrected chi connectivity index (χ4v) is 3.08. The molecule has 1 aliphatic rings. The molecule has 4 nitrogen and oxygen atoms in total. The number of halogens is 1. The molecule has 1 unspecified atom stereocenters. The highest BCUT2D eigenvalue weighted by atomic mass is 79.9. The lowest BCUT2D eigenvalue weighted by atomic mass is 10.1. The van der Waals surface area contributed by atoms with Gasteiger partial charge in [-0.2, -0.15) is 0 Å². The molecule has 1 saturated heterocycles. The van der Waals surface area contributed by atoms with Gasteiger partial charge in [-0.05, 0) is 43.0 Å². The lowest BCUT2D eigenvalue weighted by molar-refractivity contribution is -0.138. The van der Waals surface area contributed by atoms with Crippen LogP contribution >= 0.6 is 15.9 Å². The maximum absolute atomic E-state index is 12.3. The molecular weight excluding hydrogens is 310 g/mol. The van der Waals surface area contributed by atoms with E-state index in [1.165, 1.54) is 0 Å². The van der Waals surface area contributed by atoms with Gasteiger partial charge >= 0.3 is 5.97 Å². The van der Waals surface area contributed by atoms with Crippen LogP contribution in [0.15, 0.2) is 22.7 Å². The number of benzene rings is 1. The van der Waals surface area contributed by atoms with E-state index in [1.54, 1.807) is 11.0 Å². The van der Waals surface area contributed by atoms with E-state index in [1.807, 2.05) is 19.1 Å². The quantitative estimate of drug-likeness (QED) is 0.929. The molecular formula is C14H16BrNO3. The first kappa shape index (κ1) is 14.1. The van der Waals surface area contributed by atoms with Crippen LogP contribution in [0.5, 0.6) is 0 Å². The van der Waals surface area contributed by atoms with E-state index in [9.17, 15) is 9.59 Å². The van der Waals surface area contributed by atoms with Crippen molar-refractivity contribution in [2.45, 2.75) is 19.8 Å². The molecule has 0 bridgehead atoms. The van der Waals surface area contributed by atoms with Gasteiger partial charge in [-0.25, -0.2) is 0 Å². The van der Waals surface area contributed by atoms with Crippen LogP contribution in [0.4, 0.5) is 0 Å². The van der Waals surface area contributed by atoms with Gasteiger partial charge in [-0.15, -0.1) is 0 Å². The minimum Gasteiger partial charge on any atom is -0.481 e. The minimum atomic E-state index is -0.794. The maximum Gasteiger partial charge on any atom is 0.303 e. The minimum absolute atomic E-state index is 0.0164. The SMILES string of the molecule is Cc1cc(Br)cc(C(=O)N2CCC(CC(=O)O)C2)c1. The molecule has 1 atom stereocenters. The Labute approximate surface area is 120 Å². The Morgan fingerprint density at radius 2 is 2.16 bits per heavy atom. The molecule has 1 aliphatic heterocycles. The molecule has 2 rings (SSSR count). The standard InChI is InChI=1S/C14H16BrNO3/c1-9-4-11(7-12(15)5-9)14(19)16-3-2-10(8-16)6-13(17)18/h4-5,7,10H,2-3,6,8H2,1H3,(H,17,18). The number of hydrogen-bond acceptors (Lipinski definition) is 2. The van der Waals surface area contributed by atoms with Crippen molar-refractivity contribution in [1.82, 2.24) is 4.90 Å². The zero-order valence-corrected chi connectivity index (χ0v) is 12.3. The molecule has 1 fully saturated rings. The largest absolute Gasteiger partial charge is 0.481 e. The van der Waals surface area contributed by atoms with Crippen LogP contribution in [0.2, 0.25) is 0 Å². The highest BCUT2D eigenvalue weighted by molar-refractivity contribution is 9.10. The van der Waals surface area contributed by atoms with Crippen molar-refractivity contribution in [1.29, 1.82) is 0 Å². The molecule has 0 aliphatic carbocycles. The lowest BCUT2D eigenvalue weighted by Crippen LogP contribution is -2.29. The first-order chi connectivity index (χ1) is 8.95. The van der Waals surface area contributed by atoms with Crippen molar-refractivity contribution < 1.29 is 14.7 Å². The number of rotatable bonds is 3. The second-order valence-corrected chi connectivity index (χ2v) is 5.94. The molecule has 102 valence electrons. The van der Waals surface area contributed by atoms with Crippen LogP contribution < -0.4 is 0 Å². The van der Waals surface area contributed by atoms with Crippen molar-refractivity contribution >= 4 is 27.8 Å². The second-order valence-electron chi connectivity index (χ2n) is 5.02. The first-order valence-electron chi connectivity index (χ1n) is 6.24. The van der Waals surface area contributed by atoms with Crippen molar-refractivity contribution in [3.8, 4) is 0 Å². The average Bonchev–Trinajstić information content (AvgIpc) is 2.74. The highest BCUT2D eigenvalue weighted by Gasteiger charge is 2.28. The summed E-state index contributed by atoms with van der Waals surface area (Å²) in [5.41, 5.74) is 1.68. The van der Waals surface area contributed by atoms with Gasteiger partial charge < -0.3 is 10.0 Å². The number of amides is 1. The summed E-state index contributed by atoms with van der Waals surface area (Å²) in [5.74, 6) is -0.732. The van der Waals surface area contributed by atoms with Crippen LogP contribution in [0.25, 0.3) is 0 Å². The number of aliphatic carboxylic acids is 1. The number of likely N-dealkylation sites (tertiary alicyclic amines) is 1. The number of hydrogen-bond donors (Lipinski definition) is 1. The van der Waals surface area contributed by atoms with E-state index < -0.39 is 5.97 Å². The summed E-state index contributed by atoms with van der Waals surface area (Å²) in [6, 6.07) is 5.62. The Bertz CT molecular complexity index is 495. The van der Waals surface area contributed by atoms with Gasteiger partial charge in [0.05, 0.1) is 0 Å². The number of carboxylic acid groups (broad SMARTS) is 1. The molecule has 5 heteroatoms. The third-order valence-electron chi connectivity index (χ3n) is 3.33. The van der Waals surface area contributed by atoms with Gasteiger partial charge in [-0.1, -0.05) is 15.9 Å². The number of carbonyl (C=O) groups is 2. The predicted octanol–water partition coefficient (Wildman–Crippen LogP) is 2.69. The fraction of sp³-hybridized carbons (Fsp3) is 0.429. The molecule has 0 aromatic heterocycles. The van der Waals surface area contributed by atoms with Crippen LogP contribution in [-0.4, -0.2) is 35.0 Å². The topological polar surface area (TPSA) is 57.6 Å². The van der Waals surface area contributed by atoms with Crippen LogP contribution in [0, 0.1) is 12.8 Å². The summed E-state index contributed by atoms with van der Waals surface area (Å²) in [5, 5.41) is 8.78. The molecule has 0 radical (unpaired) electrons. The van der Waals surface area contributed by atoms with E-state index in [4.69, 9.17) is 5.11 Å². The third kappa shape index (κ3) is 3.56. The molecule has 1 heterocycles. The smallest absolute Gasteiger partial charge is 0.303 e. The third-order valence-corrected chi connectivity index (χ3v) is 3.78. The normalized spacial score (nSPS) is 18.6. The lowest BCUT2D eigenvalue weighted by Gasteiger charge is -2.16. The van der Waals surface area contributed by atoms with Gasteiger partial charge in [0, 0.05) is 29.5 Å². The van der Waals surface area contributed by atoms with Crippen molar-refractivity contribution in [3.05, 3.63) is 33.8 Å². The predicted molar refractivity (Wildman–Crippen MR) is 75.1 cm³/mol. The number of carboxylic acids is 1. The number of carbonyl (C=O) groups excluding carboxylic acids is 1. The summed E-state index contributed by atoms with van der Waals surface area (Å²) < 4.78 is 0.886. The van der Waals surface area contributed by atoms with Crippen LogP contribution in [0.1, 0.15) is 28.8 Å². The van der Waals surface area contributed by atoms with E-state index >= 15 is 0 Å². The average molecular weight is 326 g/mol. The van der Waals surface area contributed by atoms with E-state index in [0.29, 0.717) is 18.7 Å². The molecule has 0 spiro atoms. The molecule has 0 saturated carbocycles. The van der Waals surface area contributed by atoms with Crippen LogP contribution in [0.3, 0.4) is 0 Å². The molecule has 19 heavy (non-hydrogen) atoms. The van der Waals surface area contributed by atoms with Crippen molar-refractivity contribution in [3.63, 3.8) is 0 Å². The Morgan fingerprint density at radius 1 is 1.42 bits per heavy atom. The van der Waals surface area contributed by atoms with Gasteiger partial charge in [0.2, 0.25) is 0 Å². The summed E-state index contributed by atoms with van der Waals surface area (Å²) in [6.07, 6.45) is 0.909. The Balaban J connectivity index is 2.06. The fourth-order valence-electron chi connectivity index (χ4n) is 2.47. The summed E-state index contributed by atoms with van der Waals surface area (Å²) in [6.45, 7) is 3.12. The summed E-state index contributed by atoms with van der Waals surface area (Å²) >= 11 is 3.39. The highest BCUT2D eigenvalue weighted by Crippen LogP contribution is 2.23. The number of aryl methyl sites for hydroxylation is 1. The van der Waals surface area contributed by atoms with Gasteiger partial charge in [0.25, 0.3) is 5.91 Å². The van der Waals surface area contributed by atoms with E-state index in [0.717, 1.165) is 16.5 Å². The number of nitrogens with zero attached hydrogens (tertiary/aromatic N) is 1. The first-order valence-corrected chi connectivity index (χ1v) is 7.03. The molecule has 1 amide bonds. The Kier molecular flexibility index (Phi) is 4.24. The second kappa shape index (κ2) is 5.74. The van der Waals surface area contributed by atoms with E-state index in [-0.39, 0.29) is 18.2 Å². The van der Waals surface area contributed by atoms with Gasteiger partial charge in [0.1, 0.15) is 0 Å². The zero-order valence-electron chi connectivity index (χ0n) is 10.7. The Hall–Kier alpha value is -1.36. The molecule has 1 aromatic rings. The summed E-state index contributed by atoms with van der Waals surface area (Å²) in [4.78, 5) is 24.8. The van der Waals surface area contributed by atoms with Crippen molar-refractivity contribution in [2.75, 3.05) is 13.1 Å². The molecule has 1 N–H and O–H groups in total. The Morgan fingerprint density at radius 3 is 2.79 bits per heavy atom. The molecule has 1 aromatic carbocycles. The summed E-state index contributed by atoms with van der Waals surface area (Å²) in [7, 11) is 0. The van der Waals surface area contributed by atoms with Gasteiger partial charge in [-0.3, -0.25) is 9.59 Å². The monoisotopic (exact) mass is 325 g/mol. The van der Waals surface area contributed by atoms with E-state index in [2.05, 4.69) is 15.9 Å². The van der Waals surface area contributed by atoms with Crippen LogP contribution in [-0.2, 0) is 4.79 Å². The maximum atomic E-state index is 12.3. The van der Waals surface area contributed by atoms with Gasteiger partial charge in [0.15, 0.2) is 0 Å².